The zero-order valence-corrected chi connectivity index (χ0v) is 8.01. The topological polar surface area (TPSA) is 56.5 Å². The quantitative estimate of drug-likeness (QED) is 0.317. The number of nitrogens with one attached hydrogen (secondary N) is 1. The minimum atomic E-state index is 0.270. The number of ether oxygens (including phenoxy) is 2. The Kier molecular flexibility index (Phi) is 8.81. The molecule has 0 bridgehead atoms. The predicted octanol–water partition coefficient (Wildman–Crippen LogP) is 0.281. The minimum absolute atomic E-state index is 0.270. The van der Waals surface area contributed by atoms with Gasteiger partial charge in [-0.2, -0.15) is 0 Å². The maximum absolute atomic E-state index is 5.31. The van der Waals surface area contributed by atoms with Crippen LogP contribution in [0.1, 0.15) is 19.8 Å². The molecule has 0 amide bonds. The van der Waals surface area contributed by atoms with Crippen molar-refractivity contribution < 1.29 is 9.47 Å². The standard InChI is InChI=1S/C8H20N2O2/c1-3-4-8(10-9)7-12-6-5-11-2/h8,10H,3-7,9H2,1-2H3. The van der Waals surface area contributed by atoms with Crippen molar-refractivity contribution in [3.63, 3.8) is 0 Å². The van der Waals surface area contributed by atoms with E-state index in [-0.39, 0.29) is 6.04 Å². The third-order valence-corrected chi connectivity index (χ3v) is 1.62. The molecule has 74 valence electrons. The molecule has 0 aliphatic heterocycles. The predicted molar refractivity (Wildman–Crippen MR) is 48.7 cm³/mol. The van der Waals surface area contributed by atoms with Crippen molar-refractivity contribution in [3.8, 4) is 0 Å². The highest BCUT2D eigenvalue weighted by molar-refractivity contribution is 4.60. The van der Waals surface area contributed by atoms with Crippen molar-refractivity contribution in [1.29, 1.82) is 0 Å². The molecule has 0 radical (unpaired) electrons. The summed E-state index contributed by atoms with van der Waals surface area (Å²) in [6.07, 6.45) is 2.16. The van der Waals surface area contributed by atoms with Gasteiger partial charge in [-0.1, -0.05) is 13.3 Å². The van der Waals surface area contributed by atoms with Gasteiger partial charge in [0.1, 0.15) is 0 Å². The van der Waals surface area contributed by atoms with Gasteiger partial charge in [-0.3, -0.25) is 11.3 Å². The summed E-state index contributed by atoms with van der Waals surface area (Å²) in [7, 11) is 1.66. The van der Waals surface area contributed by atoms with Crippen LogP contribution in [0.25, 0.3) is 0 Å². The van der Waals surface area contributed by atoms with Crippen molar-refractivity contribution >= 4 is 0 Å². The fraction of sp³-hybridized carbons (Fsp3) is 1.00. The molecule has 0 rings (SSSR count). The van der Waals surface area contributed by atoms with E-state index in [4.69, 9.17) is 15.3 Å². The second kappa shape index (κ2) is 8.93. The van der Waals surface area contributed by atoms with Gasteiger partial charge in [-0.05, 0) is 6.42 Å². The van der Waals surface area contributed by atoms with Gasteiger partial charge in [0.05, 0.1) is 19.8 Å². The van der Waals surface area contributed by atoms with Gasteiger partial charge in [-0.25, -0.2) is 0 Å². The lowest BCUT2D eigenvalue weighted by Crippen LogP contribution is -2.38. The van der Waals surface area contributed by atoms with Crippen LogP contribution in [0, 0.1) is 0 Å². The molecule has 0 spiro atoms. The molecular weight excluding hydrogens is 156 g/mol. The normalized spacial score (nSPS) is 13.2. The van der Waals surface area contributed by atoms with Gasteiger partial charge < -0.3 is 9.47 Å². The van der Waals surface area contributed by atoms with Crippen LogP contribution in [-0.2, 0) is 9.47 Å². The molecule has 0 saturated heterocycles. The number of methoxy groups -OCH3 is 1. The third kappa shape index (κ3) is 6.54. The summed E-state index contributed by atoms with van der Waals surface area (Å²) in [4.78, 5) is 0. The summed E-state index contributed by atoms with van der Waals surface area (Å²) in [6.45, 7) is 4.06. The van der Waals surface area contributed by atoms with E-state index in [0.29, 0.717) is 19.8 Å². The lowest BCUT2D eigenvalue weighted by atomic mass is 10.2. The van der Waals surface area contributed by atoms with Crippen LogP contribution in [0.15, 0.2) is 0 Å². The van der Waals surface area contributed by atoms with E-state index in [0.717, 1.165) is 12.8 Å². The number of hydrazine groups is 1. The van der Waals surface area contributed by atoms with E-state index in [1.165, 1.54) is 0 Å². The summed E-state index contributed by atoms with van der Waals surface area (Å²) in [5.74, 6) is 5.31. The molecule has 0 aromatic heterocycles. The molecule has 0 heterocycles. The van der Waals surface area contributed by atoms with Gasteiger partial charge in [0, 0.05) is 13.2 Å². The first-order chi connectivity index (χ1) is 5.85. The zero-order valence-electron chi connectivity index (χ0n) is 8.01. The molecule has 3 N–H and O–H groups in total. The first-order valence-electron chi connectivity index (χ1n) is 4.38. The third-order valence-electron chi connectivity index (χ3n) is 1.62. The highest BCUT2D eigenvalue weighted by atomic mass is 16.5. The Labute approximate surface area is 74.4 Å². The van der Waals surface area contributed by atoms with E-state index in [2.05, 4.69) is 12.3 Å². The fourth-order valence-corrected chi connectivity index (χ4v) is 0.931. The van der Waals surface area contributed by atoms with E-state index >= 15 is 0 Å². The lowest BCUT2D eigenvalue weighted by molar-refractivity contribution is 0.0574. The van der Waals surface area contributed by atoms with Gasteiger partial charge in [0.15, 0.2) is 0 Å². The number of hydrogen-bond acceptors (Lipinski definition) is 4. The van der Waals surface area contributed by atoms with Crippen LogP contribution in [0.5, 0.6) is 0 Å². The van der Waals surface area contributed by atoms with Crippen LogP contribution in [0.4, 0.5) is 0 Å². The highest BCUT2D eigenvalue weighted by Gasteiger charge is 2.03. The van der Waals surface area contributed by atoms with E-state index < -0.39 is 0 Å². The van der Waals surface area contributed by atoms with Gasteiger partial charge in [0.2, 0.25) is 0 Å². The molecule has 0 fully saturated rings. The van der Waals surface area contributed by atoms with Gasteiger partial charge in [-0.15, -0.1) is 0 Å². The summed E-state index contributed by atoms with van der Waals surface area (Å²) < 4.78 is 10.2. The van der Waals surface area contributed by atoms with Gasteiger partial charge >= 0.3 is 0 Å². The van der Waals surface area contributed by atoms with E-state index in [9.17, 15) is 0 Å². The Morgan fingerprint density at radius 2 is 2.17 bits per heavy atom. The molecule has 4 heteroatoms. The lowest BCUT2D eigenvalue weighted by Gasteiger charge is -2.14. The Balaban J connectivity index is 3.19. The summed E-state index contributed by atoms with van der Waals surface area (Å²) in [6, 6.07) is 0.270. The largest absolute Gasteiger partial charge is 0.382 e. The average molecular weight is 176 g/mol. The zero-order chi connectivity index (χ0) is 9.23. The fourth-order valence-electron chi connectivity index (χ4n) is 0.931. The van der Waals surface area contributed by atoms with Crippen molar-refractivity contribution in [2.45, 2.75) is 25.8 Å². The molecular formula is C8H20N2O2. The molecule has 0 aliphatic carbocycles. The molecule has 4 nitrogen and oxygen atoms in total. The minimum Gasteiger partial charge on any atom is -0.382 e. The second-order valence-corrected chi connectivity index (χ2v) is 2.72. The monoisotopic (exact) mass is 176 g/mol. The summed E-state index contributed by atoms with van der Waals surface area (Å²) >= 11 is 0. The van der Waals surface area contributed by atoms with E-state index in [1.807, 2.05) is 0 Å². The van der Waals surface area contributed by atoms with Crippen LogP contribution < -0.4 is 11.3 Å². The molecule has 1 unspecified atom stereocenters. The summed E-state index contributed by atoms with van der Waals surface area (Å²) in [5, 5.41) is 0. The van der Waals surface area contributed by atoms with Crippen LogP contribution in [-0.4, -0.2) is 33.0 Å². The molecule has 0 aromatic carbocycles. The van der Waals surface area contributed by atoms with Crippen molar-refractivity contribution in [2.24, 2.45) is 5.84 Å². The smallest absolute Gasteiger partial charge is 0.0701 e. The maximum atomic E-state index is 5.31. The average Bonchev–Trinajstić information content (AvgIpc) is 2.10. The Morgan fingerprint density at radius 3 is 2.67 bits per heavy atom. The number of hydrogen-bond donors (Lipinski definition) is 2. The molecule has 0 aliphatic rings. The van der Waals surface area contributed by atoms with Gasteiger partial charge in [0.25, 0.3) is 0 Å². The van der Waals surface area contributed by atoms with Crippen LogP contribution in [0.2, 0.25) is 0 Å². The number of nitrogens with two attached hydrogens (primary N) is 1. The van der Waals surface area contributed by atoms with Crippen molar-refractivity contribution in [1.82, 2.24) is 5.43 Å². The van der Waals surface area contributed by atoms with Crippen LogP contribution >= 0.6 is 0 Å². The molecule has 0 saturated carbocycles. The van der Waals surface area contributed by atoms with Crippen molar-refractivity contribution in [3.05, 3.63) is 0 Å². The SMILES string of the molecule is CCCC(COCCOC)NN. The summed E-state index contributed by atoms with van der Waals surface area (Å²) in [5.41, 5.74) is 2.71. The Bertz CT molecular complexity index is 91.1. The first kappa shape index (κ1) is 11.8. The molecule has 1 atom stereocenters. The van der Waals surface area contributed by atoms with E-state index in [1.54, 1.807) is 7.11 Å². The number of rotatable bonds is 8. The maximum Gasteiger partial charge on any atom is 0.0701 e. The first-order valence-corrected chi connectivity index (χ1v) is 4.38. The highest BCUT2D eigenvalue weighted by Crippen LogP contribution is 1.95. The second-order valence-electron chi connectivity index (χ2n) is 2.72. The Hall–Kier alpha value is -0.160. The van der Waals surface area contributed by atoms with Crippen molar-refractivity contribution in [2.75, 3.05) is 26.9 Å². The van der Waals surface area contributed by atoms with Crippen LogP contribution in [0.3, 0.4) is 0 Å². The Morgan fingerprint density at radius 1 is 1.42 bits per heavy atom. The molecule has 0 aromatic rings. The molecule has 12 heavy (non-hydrogen) atoms.